The minimum atomic E-state index is -0.487. The summed E-state index contributed by atoms with van der Waals surface area (Å²) in [5.41, 5.74) is -0.487. The molecule has 0 N–H and O–H groups in total. The average molecular weight is 279 g/mol. The zero-order valence-corrected chi connectivity index (χ0v) is 12.7. The van der Waals surface area contributed by atoms with Crippen LogP contribution in [0.3, 0.4) is 0 Å². The average Bonchev–Trinajstić information content (AvgIpc) is 2.38. The van der Waals surface area contributed by atoms with Gasteiger partial charge in [-0.2, -0.15) is 0 Å². The van der Waals surface area contributed by atoms with Gasteiger partial charge in [-0.25, -0.2) is 4.79 Å². The predicted octanol–water partition coefficient (Wildman–Crippen LogP) is 3.17. The van der Waals surface area contributed by atoms with Crippen molar-refractivity contribution in [2.45, 2.75) is 52.1 Å². The van der Waals surface area contributed by atoms with Crippen molar-refractivity contribution < 1.29 is 14.3 Å². The summed E-state index contributed by atoms with van der Waals surface area (Å²) in [6.07, 6.45) is 7.77. The second-order valence-electron chi connectivity index (χ2n) is 6.77. The van der Waals surface area contributed by atoms with E-state index in [1.807, 2.05) is 20.8 Å². The highest BCUT2D eigenvalue weighted by molar-refractivity contribution is 5.84. The highest BCUT2D eigenvalue weighted by Gasteiger charge is 2.35. The molecule has 2 rings (SSSR count). The van der Waals surface area contributed by atoms with Crippen LogP contribution in [0.15, 0.2) is 12.2 Å². The van der Waals surface area contributed by atoms with E-state index in [1.165, 1.54) is 0 Å². The van der Waals surface area contributed by atoms with Crippen molar-refractivity contribution in [1.82, 2.24) is 4.90 Å². The van der Waals surface area contributed by atoms with Gasteiger partial charge in [-0.3, -0.25) is 4.79 Å². The molecule has 1 aliphatic heterocycles. The van der Waals surface area contributed by atoms with Crippen LogP contribution in [0, 0.1) is 11.8 Å². The zero-order valence-electron chi connectivity index (χ0n) is 12.7. The summed E-state index contributed by atoms with van der Waals surface area (Å²) >= 11 is 0. The van der Waals surface area contributed by atoms with Crippen LogP contribution in [0.4, 0.5) is 4.79 Å². The Morgan fingerprint density at radius 3 is 2.75 bits per heavy atom. The lowest BCUT2D eigenvalue weighted by Gasteiger charge is -2.36. The summed E-state index contributed by atoms with van der Waals surface area (Å²) in [6.45, 7) is 6.58. The van der Waals surface area contributed by atoms with Gasteiger partial charge in [0.05, 0.1) is 0 Å². The van der Waals surface area contributed by atoms with Crippen LogP contribution in [-0.4, -0.2) is 35.5 Å². The van der Waals surface area contributed by atoms with E-state index in [0.29, 0.717) is 31.2 Å². The first kappa shape index (κ1) is 15.1. The number of rotatable bonds is 1. The molecule has 1 heterocycles. The van der Waals surface area contributed by atoms with Gasteiger partial charge >= 0.3 is 6.09 Å². The lowest BCUT2D eigenvalue weighted by atomic mass is 9.79. The van der Waals surface area contributed by atoms with E-state index >= 15 is 0 Å². The topological polar surface area (TPSA) is 46.6 Å². The number of carbonyl (C=O) groups excluding carboxylic acids is 2. The third-order valence-electron chi connectivity index (χ3n) is 3.92. The fourth-order valence-corrected chi connectivity index (χ4v) is 2.90. The molecule has 0 radical (unpaired) electrons. The van der Waals surface area contributed by atoms with Gasteiger partial charge in [0, 0.05) is 25.4 Å². The van der Waals surface area contributed by atoms with Crippen molar-refractivity contribution in [3.05, 3.63) is 12.2 Å². The quantitative estimate of drug-likeness (QED) is 0.693. The van der Waals surface area contributed by atoms with E-state index in [9.17, 15) is 9.59 Å². The molecule has 2 aliphatic rings. The number of Topliss-reactive ketones (excluding diaryl/α,β-unsaturated/α-hetero) is 1. The third-order valence-corrected chi connectivity index (χ3v) is 3.92. The van der Waals surface area contributed by atoms with Crippen molar-refractivity contribution in [3.8, 4) is 0 Å². The van der Waals surface area contributed by atoms with Crippen LogP contribution < -0.4 is 0 Å². The number of carbonyl (C=O) groups is 2. The summed E-state index contributed by atoms with van der Waals surface area (Å²) < 4.78 is 5.41. The number of ether oxygens (including phenoxy) is 1. The molecule has 0 saturated carbocycles. The number of piperidine rings is 1. The number of hydrogen-bond donors (Lipinski definition) is 0. The Morgan fingerprint density at radius 1 is 1.40 bits per heavy atom. The minimum absolute atomic E-state index is 0.0483. The first-order chi connectivity index (χ1) is 9.37. The van der Waals surface area contributed by atoms with Crippen LogP contribution in [0.1, 0.15) is 46.5 Å². The second-order valence-corrected chi connectivity index (χ2v) is 6.77. The van der Waals surface area contributed by atoms with Gasteiger partial charge in [0.2, 0.25) is 0 Å². The van der Waals surface area contributed by atoms with E-state index in [1.54, 1.807) is 4.90 Å². The summed E-state index contributed by atoms with van der Waals surface area (Å²) in [7, 11) is 0. The first-order valence-electron chi connectivity index (χ1n) is 7.54. The SMILES string of the molecule is CC(C)(C)OC(=O)N1CCC(=O)C(C2C=CCCC2)C1. The maximum Gasteiger partial charge on any atom is 0.410 e. The smallest absolute Gasteiger partial charge is 0.410 e. The van der Waals surface area contributed by atoms with Gasteiger partial charge in [-0.1, -0.05) is 12.2 Å². The maximum absolute atomic E-state index is 12.1. The molecule has 4 heteroatoms. The molecule has 2 atom stereocenters. The Balaban J connectivity index is 2.00. The molecule has 1 amide bonds. The van der Waals surface area contributed by atoms with Gasteiger partial charge in [0.1, 0.15) is 11.4 Å². The van der Waals surface area contributed by atoms with Crippen LogP contribution in [0.25, 0.3) is 0 Å². The van der Waals surface area contributed by atoms with Crippen LogP contribution in [0.5, 0.6) is 0 Å². The van der Waals surface area contributed by atoms with Crippen LogP contribution >= 0.6 is 0 Å². The molecule has 0 spiro atoms. The van der Waals surface area contributed by atoms with E-state index in [4.69, 9.17) is 4.74 Å². The molecule has 1 fully saturated rings. The number of likely N-dealkylation sites (tertiary alicyclic amines) is 1. The van der Waals surface area contributed by atoms with E-state index in [0.717, 1.165) is 19.3 Å². The molecule has 0 aromatic heterocycles. The Labute approximate surface area is 121 Å². The lowest BCUT2D eigenvalue weighted by molar-refractivity contribution is -0.127. The Morgan fingerprint density at radius 2 is 2.15 bits per heavy atom. The second kappa shape index (κ2) is 5.98. The highest BCUT2D eigenvalue weighted by Crippen LogP contribution is 2.29. The first-order valence-corrected chi connectivity index (χ1v) is 7.54. The van der Waals surface area contributed by atoms with Crippen molar-refractivity contribution in [1.29, 1.82) is 0 Å². The number of nitrogens with zero attached hydrogens (tertiary/aromatic N) is 1. The Bertz CT molecular complexity index is 408. The molecular formula is C16H25NO3. The number of allylic oxidation sites excluding steroid dienone is 2. The zero-order chi connectivity index (χ0) is 14.8. The molecule has 0 bridgehead atoms. The van der Waals surface area contributed by atoms with Crippen molar-refractivity contribution >= 4 is 11.9 Å². The molecule has 20 heavy (non-hydrogen) atoms. The van der Waals surface area contributed by atoms with Gasteiger partial charge in [0.25, 0.3) is 0 Å². The van der Waals surface area contributed by atoms with Gasteiger partial charge in [0.15, 0.2) is 0 Å². The number of ketones is 1. The Hall–Kier alpha value is -1.32. The van der Waals surface area contributed by atoms with Crippen molar-refractivity contribution in [2.75, 3.05) is 13.1 Å². The van der Waals surface area contributed by atoms with E-state index in [-0.39, 0.29) is 12.0 Å². The van der Waals surface area contributed by atoms with Crippen LogP contribution in [0.2, 0.25) is 0 Å². The molecule has 112 valence electrons. The molecule has 1 saturated heterocycles. The maximum atomic E-state index is 12.1. The summed E-state index contributed by atoms with van der Waals surface area (Å²) in [4.78, 5) is 26.0. The highest BCUT2D eigenvalue weighted by atomic mass is 16.6. The largest absolute Gasteiger partial charge is 0.444 e. The number of amides is 1. The van der Waals surface area contributed by atoms with E-state index < -0.39 is 5.60 Å². The fraction of sp³-hybridized carbons (Fsp3) is 0.750. The van der Waals surface area contributed by atoms with E-state index in [2.05, 4.69) is 12.2 Å². The monoisotopic (exact) mass is 279 g/mol. The third kappa shape index (κ3) is 3.84. The molecule has 4 nitrogen and oxygen atoms in total. The minimum Gasteiger partial charge on any atom is -0.444 e. The summed E-state index contributed by atoms with van der Waals surface area (Å²) in [5.74, 6) is 0.538. The molecular weight excluding hydrogens is 254 g/mol. The van der Waals surface area contributed by atoms with Crippen LogP contribution in [-0.2, 0) is 9.53 Å². The molecule has 2 unspecified atom stereocenters. The Kier molecular flexibility index (Phi) is 4.51. The van der Waals surface area contributed by atoms with Gasteiger partial charge < -0.3 is 9.64 Å². The van der Waals surface area contributed by atoms with Gasteiger partial charge in [-0.15, -0.1) is 0 Å². The normalized spacial score (nSPS) is 27.6. The summed E-state index contributed by atoms with van der Waals surface area (Å²) in [5, 5.41) is 0. The lowest BCUT2D eigenvalue weighted by Crippen LogP contribution is -2.48. The molecule has 0 aromatic rings. The van der Waals surface area contributed by atoms with Gasteiger partial charge in [-0.05, 0) is 46.0 Å². The summed E-state index contributed by atoms with van der Waals surface area (Å²) in [6, 6.07) is 0. The molecule has 0 aromatic carbocycles. The van der Waals surface area contributed by atoms with Crippen molar-refractivity contribution in [2.24, 2.45) is 11.8 Å². The van der Waals surface area contributed by atoms with Crippen molar-refractivity contribution in [3.63, 3.8) is 0 Å². The fourth-order valence-electron chi connectivity index (χ4n) is 2.90. The standard InChI is InChI=1S/C16H25NO3/c1-16(2,3)20-15(19)17-10-9-14(18)13(11-17)12-7-5-4-6-8-12/h5,7,12-13H,4,6,8-11H2,1-3H3. The predicted molar refractivity (Wildman–Crippen MR) is 77.4 cm³/mol. The molecule has 1 aliphatic carbocycles. The number of hydrogen-bond acceptors (Lipinski definition) is 3.